The van der Waals surface area contributed by atoms with E-state index in [1.165, 1.54) is 0 Å². The fraction of sp³-hybridized carbons (Fsp3) is 0.182. The van der Waals surface area contributed by atoms with Gasteiger partial charge in [-0.1, -0.05) is 12.1 Å². The lowest BCUT2D eigenvalue weighted by molar-refractivity contribution is 0.416. The highest BCUT2D eigenvalue weighted by molar-refractivity contribution is 9.11. The van der Waals surface area contributed by atoms with Crippen molar-refractivity contribution in [3.63, 3.8) is 0 Å². The third kappa shape index (κ3) is 2.06. The molecule has 0 spiro atoms. The highest BCUT2D eigenvalue weighted by Gasteiger charge is 2.11. The Morgan fingerprint density at radius 3 is 2.67 bits per heavy atom. The second-order valence-electron chi connectivity index (χ2n) is 3.08. The van der Waals surface area contributed by atoms with Crippen molar-refractivity contribution in [3.05, 3.63) is 33.9 Å². The van der Waals surface area contributed by atoms with Gasteiger partial charge in [0.15, 0.2) is 3.92 Å². The maximum Gasteiger partial charge on any atom is 0.159 e. The van der Waals surface area contributed by atoms with Gasteiger partial charge in [0.2, 0.25) is 0 Å². The van der Waals surface area contributed by atoms with Gasteiger partial charge in [-0.15, -0.1) is 11.3 Å². The van der Waals surface area contributed by atoms with Crippen LogP contribution < -0.4 is 4.74 Å². The number of aryl methyl sites for hydroxylation is 1. The first kappa shape index (κ1) is 10.6. The third-order valence-corrected chi connectivity index (χ3v) is 3.76. The first-order valence-corrected chi connectivity index (χ1v) is 6.09. The molecule has 0 fully saturated rings. The van der Waals surface area contributed by atoms with E-state index in [0.717, 1.165) is 25.8 Å². The van der Waals surface area contributed by atoms with Gasteiger partial charge < -0.3 is 4.74 Å². The lowest BCUT2D eigenvalue weighted by atomic mass is 10.1. The number of ether oxygens (including phenoxy) is 1. The van der Waals surface area contributed by atoms with Gasteiger partial charge in [0, 0.05) is 5.56 Å². The number of para-hydroxylation sites is 1. The van der Waals surface area contributed by atoms with Crippen LogP contribution in [0.2, 0.25) is 0 Å². The maximum atomic E-state index is 5.33. The van der Waals surface area contributed by atoms with Crippen LogP contribution in [0.3, 0.4) is 0 Å². The van der Waals surface area contributed by atoms with Crippen molar-refractivity contribution in [1.82, 2.24) is 4.98 Å². The summed E-state index contributed by atoms with van der Waals surface area (Å²) in [5.74, 6) is 0.886. The Bertz CT molecular complexity index is 481. The summed E-state index contributed by atoms with van der Waals surface area (Å²) in [6.07, 6.45) is 0. The van der Waals surface area contributed by atoms with Crippen molar-refractivity contribution >= 4 is 27.3 Å². The second kappa shape index (κ2) is 4.33. The molecule has 78 valence electrons. The van der Waals surface area contributed by atoms with Crippen LogP contribution >= 0.6 is 27.3 Å². The molecule has 0 saturated carbocycles. The number of aromatic nitrogens is 1. The molecule has 0 amide bonds. The summed E-state index contributed by atoms with van der Waals surface area (Å²) in [4.78, 5) is 5.49. The molecule has 4 heteroatoms. The molecule has 1 heterocycles. The summed E-state index contributed by atoms with van der Waals surface area (Å²) in [6.45, 7) is 2.00. The first-order chi connectivity index (χ1) is 7.22. The van der Waals surface area contributed by atoms with Gasteiger partial charge in [-0.25, -0.2) is 4.98 Å². The fourth-order valence-corrected chi connectivity index (χ4v) is 3.02. The summed E-state index contributed by atoms with van der Waals surface area (Å²) < 4.78 is 6.23. The first-order valence-electron chi connectivity index (χ1n) is 4.48. The maximum absolute atomic E-state index is 5.33. The van der Waals surface area contributed by atoms with Crippen LogP contribution in [0, 0.1) is 6.92 Å². The molecule has 0 atom stereocenters. The number of rotatable bonds is 2. The van der Waals surface area contributed by atoms with Gasteiger partial charge in [-0.2, -0.15) is 0 Å². The minimum absolute atomic E-state index is 0.886. The number of hydrogen-bond donors (Lipinski definition) is 0. The lowest BCUT2D eigenvalue weighted by Gasteiger charge is -2.05. The minimum Gasteiger partial charge on any atom is -0.496 e. The monoisotopic (exact) mass is 283 g/mol. The smallest absolute Gasteiger partial charge is 0.159 e. The predicted molar refractivity (Wildman–Crippen MR) is 66.5 cm³/mol. The van der Waals surface area contributed by atoms with E-state index in [4.69, 9.17) is 4.74 Å². The zero-order valence-corrected chi connectivity index (χ0v) is 10.9. The Morgan fingerprint density at radius 2 is 2.07 bits per heavy atom. The molecule has 0 bridgehead atoms. The van der Waals surface area contributed by atoms with Crippen molar-refractivity contribution in [2.45, 2.75) is 6.92 Å². The van der Waals surface area contributed by atoms with Gasteiger partial charge in [0.25, 0.3) is 0 Å². The SMILES string of the molecule is COc1ccccc1-c1sc(Br)nc1C. The average molecular weight is 284 g/mol. The average Bonchev–Trinajstić information content (AvgIpc) is 2.57. The number of halogens is 1. The van der Waals surface area contributed by atoms with Crippen LogP contribution in [0.4, 0.5) is 0 Å². The molecular weight excluding hydrogens is 274 g/mol. The van der Waals surface area contributed by atoms with E-state index in [2.05, 4.69) is 20.9 Å². The lowest BCUT2D eigenvalue weighted by Crippen LogP contribution is -1.86. The molecule has 0 aliphatic heterocycles. The largest absolute Gasteiger partial charge is 0.496 e. The standard InChI is InChI=1S/C11H10BrNOS/c1-7-10(15-11(12)13-7)8-5-3-4-6-9(8)14-2/h3-6H,1-2H3. The zero-order valence-electron chi connectivity index (χ0n) is 8.45. The molecule has 0 unspecified atom stereocenters. The summed E-state index contributed by atoms with van der Waals surface area (Å²) in [7, 11) is 1.68. The van der Waals surface area contributed by atoms with Crippen LogP contribution in [-0.2, 0) is 0 Å². The minimum atomic E-state index is 0.886. The van der Waals surface area contributed by atoms with Crippen molar-refractivity contribution in [1.29, 1.82) is 0 Å². The number of hydrogen-bond acceptors (Lipinski definition) is 3. The van der Waals surface area contributed by atoms with Gasteiger partial charge in [0.1, 0.15) is 5.75 Å². The van der Waals surface area contributed by atoms with Crippen molar-refractivity contribution in [3.8, 4) is 16.2 Å². The second-order valence-corrected chi connectivity index (χ2v) is 5.36. The van der Waals surface area contributed by atoms with Gasteiger partial charge in [-0.3, -0.25) is 0 Å². The molecular formula is C11H10BrNOS. The Morgan fingerprint density at radius 1 is 1.33 bits per heavy atom. The summed E-state index contributed by atoms with van der Waals surface area (Å²) >= 11 is 5.02. The topological polar surface area (TPSA) is 22.1 Å². The molecule has 15 heavy (non-hydrogen) atoms. The van der Waals surface area contributed by atoms with E-state index in [0.29, 0.717) is 0 Å². The molecule has 1 aromatic heterocycles. The Labute approximate surface area is 101 Å². The number of thiazole rings is 1. The number of methoxy groups -OCH3 is 1. The molecule has 2 nitrogen and oxygen atoms in total. The molecule has 0 saturated heterocycles. The Hall–Kier alpha value is -0.870. The molecule has 0 aliphatic carbocycles. The van der Waals surface area contributed by atoms with Gasteiger partial charge >= 0.3 is 0 Å². The molecule has 2 rings (SSSR count). The summed E-state index contributed by atoms with van der Waals surface area (Å²) in [6, 6.07) is 7.98. The fourth-order valence-electron chi connectivity index (χ4n) is 1.45. The molecule has 0 N–H and O–H groups in total. The van der Waals surface area contributed by atoms with E-state index in [-0.39, 0.29) is 0 Å². The molecule has 0 aliphatic rings. The van der Waals surface area contributed by atoms with E-state index < -0.39 is 0 Å². The quantitative estimate of drug-likeness (QED) is 0.834. The van der Waals surface area contributed by atoms with Crippen LogP contribution in [0.25, 0.3) is 10.4 Å². The van der Waals surface area contributed by atoms with E-state index in [1.54, 1.807) is 18.4 Å². The van der Waals surface area contributed by atoms with Crippen molar-refractivity contribution in [2.75, 3.05) is 7.11 Å². The van der Waals surface area contributed by atoms with Crippen molar-refractivity contribution in [2.24, 2.45) is 0 Å². The Kier molecular flexibility index (Phi) is 3.07. The van der Waals surface area contributed by atoms with Gasteiger partial charge in [-0.05, 0) is 35.0 Å². The highest BCUT2D eigenvalue weighted by Crippen LogP contribution is 2.37. The van der Waals surface area contributed by atoms with E-state index in [9.17, 15) is 0 Å². The van der Waals surface area contributed by atoms with E-state index >= 15 is 0 Å². The molecule has 0 radical (unpaired) electrons. The van der Waals surface area contributed by atoms with Crippen LogP contribution in [0.5, 0.6) is 5.75 Å². The number of benzene rings is 1. The molecule has 1 aromatic carbocycles. The Balaban J connectivity index is 2.58. The van der Waals surface area contributed by atoms with Crippen molar-refractivity contribution < 1.29 is 4.74 Å². The van der Waals surface area contributed by atoms with Crippen LogP contribution in [-0.4, -0.2) is 12.1 Å². The normalized spacial score (nSPS) is 10.3. The van der Waals surface area contributed by atoms with Crippen LogP contribution in [0.1, 0.15) is 5.69 Å². The molecule has 2 aromatic rings. The third-order valence-electron chi connectivity index (χ3n) is 2.12. The number of nitrogens with zero attached hydrogens (tertiary/aromatic N) is 1. The van der Waals surface area contributed by atoms with Gasteiger partial charge in [0.05, 0.1) is 17.7 Å². The predicted octanol–water partition coefficient (Wildman–Crippen LogP) is 3.89. The van der Waals surface area contributed by atoms with E-state index in [1.807, 2.05) is 31.2 Å². The summed E-state index contributed by atoms with van der Waals surface area (Å²) in [5, 5.41) is 0. The summed E-state index contributed by atoms with van der Waals surface area (Å²) in [5.41, 5.74) is 2.12. The highest BCUT2D eigenvalue weighted by atomic mass is 79.9. The van der Waals surface area contributed by atoms with Crippen LogP contribution in [0.15, 0.2) is 28.2 Å². The zero-order chi connectivity index (χ0) is 10.8.